The maximum absolute atomic E-state index is 11.8. The zero-order chi connectivity index (χ0) is 16.1. The van der Waals surface area contributed by atoms with E-state index in [1.165, 1.54) is 13.2 Å². The van der Waals surface area contributed by atoms with Gasteiger partial charge in [0.05, 0.1) is 7.11 Å². The Labute approximate surface area is 137 Å². The number of halogens is 2. The molecular formula is C15H14Cl2N2O3. The lowest BCUT2D eigenvalue weighted by Crippen LogP contribution is -2.28. The molecule has 0 aliphatic carbocycles. The summed E-state index contributed by atoms with van der Waals surface area (Å²) in [5, 5.41) is 15.7. The van der Waals surface area contributed by atoms with Gasteiger partial charge in [-0.15, -0.1) is 0 Å². The molecule has 116 valence electrons. The number of ether oxygens (including phenoxy) is 1. The number of hydrogen-bond acceptors (Lipinski definition) is 3. The highest BCUT2D eigenvalue weighted by Gasteiger charge is 2.06. The summed E-state index contributed by atoms with van der Waals surface area (Å²) < 4.78 is 5.01. The molecule has 5 nitrogen and oxygen atoms in total. The Balaban J connectivity index is 1.95. The molecule has 0 saturated carbocycles. The van der Waals surface area contributed by atoms with Crippen molar-refractivity contribution in [1.29, 1.82) is 0 Å². The predicted octanol–water partition coefficient (Wildman–Crippen LogP) is 4.03. The van der Waals surface area contributed by atoms with Crippen molar-refractivity contribution in [1.82, 2.24) is 5.32 Å². The van der Waals surface area contributed by atoms with E-state index in [4.69, 9.17) is 27.9 Å². The molecule has 22 heavy (non-hydrogen) atoms. The van der Waals surface area contributed by atoms with Gasteiger partial charge in [-0.2, -0.15) is 0 Å². The molecule has 3 N–H and O–H groups in total. The van der Waals surface area contributed by atoms with Crippen LogP contribution < -0.4 is 15.4 Å². The molecule has 2 aromatic rings. The number of methoxy groups -OCH3 is 1. The van der Waals surface area contributed by atoms with Gasteiger partial charge in [-0.05, 0) is 35.9 Å². The van der Waals surface area contributed by atoms with Crippen molar-refractivity contribution in [2.75, 3.05) is 12.4 Å². The highest BCUT2D eigenvalue weighted by atomic mass is 35.5. The molecule has 0 fully saturated rings. The second kappa shape index (κ2) is 7.24. The SMILES string of the molecule is COc1cc(CNC(=O)Nc2cc(Cl)cc(Cl)c2)ccc1O. The predicted molar refractivity (Wildman–Crippen MR) is 87.0 cm³/mol. The summed E-state index contributed by atoms with van der Waals surface area (Å²) in [6.45, 7) is 0.275. The second-order valence-electron chi connectivity index (χ2n) is 4.47. The smallest absolute Gasteiger partial charge is 0.319 e. The van der Waals surface area contributed by atoms with Crippen LogP contribution in [0.5, 0.6) is 11.5 Å². The molecule has 0 radical (unpaired) electrons. The minimum atomic E-state index is -0.398. The fourth-order valence-electron chi connectivity index (χ4n) is 1.82. The first-order valence-electron chi connectivity index (χ1n) is 6.35. The summed E-state index contributed by atoms with van der Waals surface area (Å²) in [5.41, 5.74) is 1.28. The molecule has 0 aliphatic rings. The molecule has 0 heterocycles. The number of rotatable bonds is 4. The molecule has 0 aromatic heterocycles. The van der Waals surface area contributed by atoms with Crippen LogP contribution in [0.15, 0.2) is 36.4 Å². The Bertz CT molecular complexity index is 672. The third-order valence-electron chi connectivity index (χ3n) is 2.82. The first-order chi connectivity index (χ1) is 10.5. The average Bonchev–Trinajstić information content (AvgIpc) is 2.45. The summed E-state index contributed by atoms with van der Waals surface area (Å²) in [7, 11) is 1.46. The van der Waals surface area contributed by atoms with Crippen molar-refractivity contribution in [3.05, 3.63) is 52.0 Å². The van der Waals surface area contributed by atoms with Crippen molar-refractivity contribution in [3.63, 3.8) is 0 Å². The van der Waals surface area contributed by atoms with E-state index in [2.05, 4.69) is 10.6 Å². The lowest BCUT2D eigenvalue weighted by atomic mass is 10.2. The number of carbonyl (C=O) groups excluding carboxylic acids is 1. The van der Waals surface area contributed by atoms with Crippen LogP contribution in [-0.2, 0) is 6.54 Å². The number of anilines is 1. The topological polar surface area (TPSA) is 70.6 Å². The van der Waals surface area contributed by atoms with Gasteiger partial charge in [0, 0.05) is 22.3 Å². The maximum atomic E-state index is 11.8. The van der Waals surface area contributed by atoms with Crippen molar-refractivity contribution < 1.29 is 14.6 Å². The van der Waals surface area contributed by atoms with Crippen LogP contribution in [0.1, 0.15) is 5.56 Å². The van der Waals surface area contributed by atoms with Gasteiger partial charge < -0.3 is 20.5 Å². The van der Waals surface area contributed by atoms with E-state index in [0.717, 1.165) is 5.56 Å². The van der Waals surface area contributed by atoms with Crippen molar-refractivity contribution in [2.45, 2.75) is 6.54 Å². The van der Waals surface area contributed by atoms with Crippen LogP contribution in [0.2, 0.25) is 10.0 Å². The first kappa shape index (κ1) is 16.3. The number of carbonyl (C=O) groups is 1. The molecule has 0 unspecified atom stereocenters. The number of phenolic OH excluding ortho intramolecular Hbond substituents is 1. The van der Waals surface area contributed by atoms with Gasteiger partial charge in [-0.3, -0.25) is 0 Å². The summed E-state index contributed by atoms with van der Waals surface area (Å²) in [6.07, 6.45) is 0. The Kier molecular flexibility index (Phi) is 5.35. The van der Waals surface area contributed by atoms with Crippen molar-refractivity contribution in [2.24, 2.45) is 0 Å². The van der Waals surface area contributed by atoms with Crippen LogP contribution in [0, 0.1) is 0 Å². The molecule has 0 atom stereocenters. The van der Waals surface area contributed by atoms with E-state index in [0.29, 0.717) is 21.5 Å². The molecule has 7 heteroatoms. The van der Waals surface area contributed by atoms with Crippen LogP contribution in [0.3, 0.4) is 0 Å². The molecule has 0 saturated heterocycles. The number of aromatic hydroxyl groups is 1. The lowest BCUT2D eigenvalue weighted by Gasteiger charge is -2.10. The monoisotopic (exact) mass is 340 g/mol. The zero-order valence-corrected chi connectivity index (χ0v) is 13.2. The minimum Gasteiger partial charge on any atom is -0.504 e. The number of urea groups is 1. The van der Waals surface area contributed by atoms with Gasteiger partial charge in [0.15, 0.2) is 11.5 Å². The third-order valence-corrected chi connectivity index (χ3v) is 3.25. The van der Waals surface area contributed by atoms with Crippen LogP contribution in [0.4, 0.5) is 10.5 Å². The number of nitrogens with one attached hydrogen (secondary N) is 2. The summed E-state index contributed by atoms with van der Waals surface area (Å²) in [5.74, 6) is 0.394. The molecule has 2 rings (SSSR count). The van der Waals surface area contributed by atoms with Crippen LogP contribution in [-0.4, -0.2) is 18.2 Å². The number of amides is 2. The van der Waals surface area contributed by atoms with Gasteiger partial charge in [-0.25, -0.2) is 4.79 Å². The zero-order valence-electron chi connectivity index (χ0n) is 11.7. The van der Waals surface area contributed by atoms with Gasteiger partial charge in [0.2, 0.25) is 0 Å². The normalized spacial score (nSPS) is 10.1. The fraction of sp³-hybridized carbons (Fsp3) is 0.133. The quantitative estimate of drug-likeness (QED) is 0.786. The lowest BCUT2D eigenvalue weighted by molar-refractivity contribution is 0.251. The Hall–Kier alpha value is -2.11. The minimum absolute atomic E-state index is 0.0456. The van der Waals surface area contributed by atoms with E-state index >= 15 is 0 Å². The molecule has 2 amide bonds. The number of phenols is 1. The van der Waals surface area contributed by atoms with E-state index in [1.807, 2.05) is 0 Å². The van der Waals surface area contributed by atoms with E-state index in [1.54, 1.807) is 30.3 Å². The summed E-state index contributed by atoms with van der Waals surface area (Å²) >= 11 is 11.7. The van der Waals surface area contributed by atoms with Gasteiger partial charge in [-0.1, -0.05) is 29.3 Å². The van der Waals surface area contributed by atoms with Gasteiger partial charge >= 0.3 is 6.03 Å². The number of benzene rings is 2. The standard InChI is InChI=1S/C15H14Cl2N2O3/c1-22-14-4-9(2-3-13(14)20)8-18-15(21)19-12-6-10(16)5-11(17)7-12/h2-7,20H,8H2,1H3,(H2,18,19,21). The summed E-state index contributed by atoms with van der Waals surface area (Å²) in [6, 6.07) is 9.21. The molecule has 0 spiro atoms. The van der Waals surface area contributed by atoms with Crippen molar-refractivity contribution >= 4 is 34.9 Å². The van der Waals surface area contributed by atoms with Gasteiger partial charge in [0.1, 0.15) is 0 Å². The Morgan fingerprint density at radius 2 is 1.86 bits per heavy atom. The highest BCUT2D eigenvalue weighted by molar-refractivity contribution is 6.35. The fourth-order valence-corrected chi connectivity index (χ4v) is 2.34. The maximum Gasteiger partial charge on any atom is 0.319 e. The van der Waals surface area contributed by atoms with E-state index < -0.39 is 6.03 Å². The van der Waals surface area contributed by atoms with E-state index in [-0.39, 0.29) is 12.3 Å². The second-order valence-corrected chi connectivity index (χ2v) is 5.34. The van der Waals surface area contributed by atoms with Crippen molar-refractivity contribution in [3.8, 4) is 11.5 Å². The molecule has 0 bridgehead atoms. The summed E-state index contributed by atoms with van der Waals surface area (Å²) in [4.78, 5) is 11.8. The van der Waals surface area contributed by atoms with E-state index in [9.17, 15) is 9.90 Å². The third kappa shape index (κ3) is 4.44. The first-order valence-corrected chi connectivity index (χ1v) is 7.10. The molecule has 2 aromatic carbocycles. The van der Waals surface area contributed by atoms with Gasteiger partial charge in [0.25, 0.3) is 0 Å². The molecular weight excluding hydrogens is 327 g/mol. The van der Waals surface area contributed by atoms with Crippen LogP contribution >= 0.6 is 23.2 Å². The molecule has 0 aliphatic heterocycles. The Morgan fingerprint density at radius 3 is 2.50 bits per heavy atom. The van der Waals surface area contributed by atoms with Crippen LogP contribution in [0.25, 0.3) is 0 Å². The highest BCUT2D eigenvalue weighted by Crippen LogP contribution is 2.26. The average molecular weight is 341 g/mol. The number of hydrogen-bond donors (Lipinski definition) is 3. The largest absolute Gasteiger partial charge is 0.504 e. The Morgan fingerprint density at radius 1 is 1.18 bits per heavy atom.